The van der Waals surface area contributed by atoms with E-state index in [0.29, 0.717) is 37.5 Å². The number of hydrogen-bond donors (Lipinski definition) is 2. The van der Waals surface area contributed by atoms with E-state index in [1.54, 1.807) is 6.08 Å². The Morgan fingerprint density at radius 1 is 1.29 bits per heavy atom. The molecule has 2 saturated heterocycles. The Bertz CT molecular complexity index is 823. The highest BCUT2D eigenvalue weighted by molar-refractivity contribution is 7.71. The second-order valence-corrected chi connectivity index (χ2v) is 8.40. The Labute approximate surface area is 188 Å². The zero-order chi connectivity index (χ0) is 22.2. The number of primary amides is 1. The molecule has 1 aromatic rings. The van der Waals surface area contributed by atoms with E-state index in [-0.39, 0.29) is 24.3 Å². The number of piperazine rings is 1. The van der Waals surface area contributed by atoms with Crippen molar-refractivity contribution in [2.45, 2.75) is 45.0 Å². The quantitative estimate of drug-likeness (QED) is 0.357. The molecule has 31 heavy (non-hydrogen) atoms. The lowest BCUT2D eigenvalue weighted by Crippen LogP contribution is -2.49. The monoisotopic (exact) mass is 451 g/mol. The number of carbonyl (C=O) groups is 2. The Kier molecular flexibility index (Phi) is 8.76. The molecule has 0 saturated carbocycles. The molecule has 0 bridgehead atoms. The molecule has 1 aromatic heterocycles. The predicted molar refractivity (Wildman–Crippen MR) is 119 cm³/mol. The summed E-state index contributed by atoms with van der Waals surface area (Å²) in [6, 6.07) is 0. The molecule has 10 nitrogen and oxygen atoms in total. The second-order valence-electron chi connectivity index (χ2n) is 8.04. The normalized spacial score (nSPS) is 20.1. The van der Waals surface area contributed by atoms with Crippen molar-refractivity contribution < 1.29 is 14.3 Å². The average Bonchev–Trinajstić information content (AvgIpc) is 3.36. The van der Waals surface area contributed by atoms with Gasteiger partial charge in [0.05, 0.1) is 25.9 Å². The van der Waals surface area contributed by atoms with Crippen molar-refractivity contribution in [1.29, 1.82) is 0 Å². The molecule has 3 rings (SSSR count). The number of rotatable bonds is 11. The zero-order valence-corrected chi connectivity index (χ0v) is 18.8. The molecule has 11 heteroatoms. The van der Waals surface area contributed by atoms with Crippen LogP contribution in [0.3, 0.4) is 0 Å². The summed E-state index contributed by atoms with van der Waals surface area (Å²) in [4.78, 5) is 27.6. The highest BCUT2D eigenvalue weighted by Gasteiger charge is 2.23. The van der Waals surface area contributed by atoms with Gasteiger partial charge in [0.1, 0.15) is 5.82 Å². The number of aromatic nitrogens is 3. The summed E-state index contributed by atoms with van der Waals surface area (Å²) in [5, 5.41) is 7.51. The topological polar surface area (TPSA) is 111 Å². The van der Waals surface area contributed by atoms with Gasteiger partial charge in [-0.05, 0) is 25.1 Å². The molecule has 172 valence electrons. The number of carbonyl (C=O) groups excluding carboxylic acids is 2. The lowest BCUT2D eigenvalue weighted by Gasteiger charge is -2.33. The summed E-state index contributed by atoms with van der Waals surface area (Å²) in [6.07, 6.45) is 4.57. The summed E-state index contributed by atoms with van der Waals surface area (Å²) in [6.45, 7) is 9.77. The van der Waals surface area contributed by atoms with Crippen molar-refractivity contribution >= 4 is 24.0 Å². The van der Waals surface area contributed by atoms with Crippen molar-refractivity contribution in [2.75, 3.05) is 45.9 Å². The second kappa shape index (κ2) is 11.5. The number of nitrogens with one attached hydrogen (secondary N) is 1. The van der Waals surface area contributed by atoms with Crippen molar-refractivity contribution in [3.8, 4) is 0 Å². The molecule has 3 N–H and O–H groups in total. The third kappa shape index (κ3) is 6.96. The molecular formula is C20H33N7O3S. The van der Waals surface area contributed by atoms with Crippen molar-refractivity contribution in [3.63, 3.8) is 0 Å². The maximum Gasteiger partial charge on any atom is 0.234 e. The van der Waals surface area contributed by atoms with Gasteiger partial charge in [-0.15, -0.1) is 6.58 Å². The summed E-state index contributed by atoms with van der Waals surface area (Å²) >= 11 is 5.71. The Balaban J connectivity index is 1.59. The minimum Gasteiger partial charge on any atom is -0.376 e. The molecule has 0 radical (unpaired) electrons. The predicted octanol–water partition coefficient (Wildman–Crippen LogP) is -0.112. The molecule has 1 atom stereocenters. The first-order valence-electron chi connectivity index (χ1n) is 10.8. The fourth-order valence-electron chi connectivity index (χ4n) is 3.90. The van der Waals surface area contributed by atoms with E-state index in [2.05, 4.69) is 21.7 Å². The van der Waals surface area contributed by atoms with Crippen molar-refractivity contribution in [2.24, 2.45) is 5.73 Å². The SMILES string of the molecule is C=CCNC(=O)CN1CCN(Cn2nc(CCC(N)=O)n(CC3CCCO3)c2=S)CC1. The first-order valence-corrected chi connectivity index (χ1v) is 11.3. The van der Waals surface area contributed by atoms with Crippen LogP contribution in [0.15, 0.2) is 12.7 Å². The van der Waals surface area contributed by atoms with Gasteiger partial charge in [0.25, 0.3) is 0 Å². The van der Waals surface area contributed by atoms with Crippen LogP contribution in [0.4, 0.5) is 0 Å². The van der Waals surface area contributed by atoms with Gasteiger partial charge < -0.3 is 20.4 Å². The molecule has 0 aliphatic carbocycles. The first kappa shape index (κ1) is 23.6. The summed E-state index contributed by atoms with van der Waals surface area (Å²) in [5.74, 6) is 0.441. The van der Waals surface area contributed by atoms with Gasteiger partial charge in [-0.3, -0.25) is 19.4 Å². The van der Waals surface area contributed by atoms with Gasteiger partial charge >= 0.3 is 0 Å². The zero-order valence-electron chi connectivity index (χ0n) is 18.0. The minimum atomic E-state index is -0.350. The lowest BCUT2D eigenvalue weighted by atomic mass is 10.2. The van der Waals surface area contributed by atoms with Crippen LogP contribution in [0, 0.1) is 4.77 Å². The molecule has 2 aliphatic heterocycles. The standard InChI is InChI=1S/C20H33N7O3S/c1-2-7-22-19(29)14-24-8-10-25(11-9-24)15-27-20(31)26(13-16-4-3-12-30-16)18(23-27)6-5-17(21)28/h2,16H,1,3-15H2,(H2,21,28)(H,22,29). The van der Waals surface area contributed by atoms with E-state index < -0.39 is 0 Å². The van der Waals surface area contributed by atoms with Crippen LogP contribution in [0.2, 0.25) is 0 Å². The summed E-state index contributed by atoms with van der Waals surface area (Å²) in [7, 11) is 0. The van der Waals surface area contributed by atoms with Crippen LogP contribution >= 0.6 is 12.2 Å². The van der Waals surface area contributed by atoms with Gasteiger partial charge in [0, 0.05) is 52.2 Å². The largest absolute Gasteiger partial charge is 0.376 e. The van der Waals surface area contributed by atoms with E-state index >= 15 is 0 Å². The highest BCUT2D eigenvalue weighted by atomic mass is 32.1. The fraction of sp³-hybridized carbons (Fsp3) is 0.700. The third-order valence-electron chi connectivity index (χ3n) is 5.61. The number of amides is 2. The highest BCUT2D eigenvalue weighted by Crippen LogP contribution is 2.16. The van der Waals surface area contributed by atoms with Crippen LogP contribution in [-0.4, -0.2) is 87.9 Å². The Hall–Kier alpha value is -2.08. The van der Waals surface area contributed by atoms with Crippen LogP contribution in [-0.2, 0) is 34.0 Å². The number of ether oxygens (including phenoxy) is 1. The minimum absolute atomic E-state index is 0.0162. The van der Waals surface area contributed by atoms with Crippen LogP contribution in [0.5, 0.6) is 0 Å². The maximum atomic E-state index is 11.9. The average molecular weight is 452 g/mol. The molecule has 1 unspecified atom stereocenters. The van der Waals surface area contributed by atoms with Crippen molar-refractivity contribution in [1.82, 2.24) is 29.5 Å². The van der Waals surface area contributed by atoms with E-state index in [4.69, 9.17) is 27.8 Å². The fourth-order valence-corrected chi connectivity index (χ4v) is 4.18. The Morgan fingerprint density at radius 2 is 2.03 bits per heavy atom. The van der Waals surface area contributed by atoms with Crippen LogP contribution in [0.25, 0.3) is 0 Å². The molecule has 2 fully saturated rings. The molecule has 3 heterocycles. The smallest absolute Gasteiger partial charge is 0.234 e. The van der Waals surface area contributed by atoms with Gasteiger partial charge in [-0.1, -0.05) is 6.08 Å². The third-order valence-corrected chi connectivity index (χ3v) is 6.05. The number of nitrogens with two attached hydrogens (primary N) is 1. The molecule has 2 aliphatic rings. The van der Waals surface area contributed by atoms with Gasteiger partial charge in [-0.2, -0.15) is 5.10 Å². The van der Waals surface area contributed by atoms with Gasteiger partial charge in [0.15, 0.2) is 4.77 Å². The van der Waals surface area contributed by atoms with Crippen LogP contribution < -0.4 is 11.1 Å². The summed E-state index contributed by atoms with van der Waals surface area (Å²) in [5.41, 5.74) is 5.34. The number of aryl methyl sites for hydroxylation is 1. The van der Waals surface area contributed by atoms with Gasteiger partial charge in [-0.25, -0.2) is 4.68 Å². The van der Waals surface area contributed by atoms with E-state index in [9.17, 15) is 9.59 Å². The summed E-state index contributed by atoms with van der Waals surface area (Å²) < 4.78 is 10.2. The van der Waals surface area contributed by atoms with Crippen molar-refractivity contribution in [3.05, 3.63) is 23.3 Å². The molecular weight excluding hydrogens is 418 g/mol. The van der Waals surface area contributed by atoms with E-state index in [1.165, 1.54) is 0 Å². The maximum absolute atomic E-state index is 11.9. The first-order chi connectivity index (χ1) is 15.0. The molecule has 0 spiro atoms. The van der Waals surface area contributed by atoms with Gasteiger partial charge in [0.2, 0.25) is 11.8 Å². The number of nitrogens with zero attached hydrogens (tertiary/aromatic N) is 5. The van der Waals surface area contributed by atoms with Crippen LogP contribution in [0.1, 0.15) is 25.1 Å². The molecule has 2 amide bonds. The lowest BCUT2D eigenvalue weighted by molar-refractivity contribution is -0.122. The van der Waals surface area contributed by atoms with E-state index in [1.807, 2.05) is 9.25 Å². The Morgan fingerprint density at radius 3 is 2.68 bits per heavy atom. The molecule has 0 aromatic carbocycles. The van der Waals surface area contributed by atoms with E-state index in [0.717, 1.165) is 51.5 Å². The number of hydrogen-bond acceptors (Lipinski definition) is 7.